The lowest BCUT2D eigenvalue weighted by molar-refractivity contribution is -0.757. The van der Waals surface area contributed by atoms with Gasteiger partial charge in [-0.25, -0.2) is 4.79 Å². The Hall–Kier alpha value is -2.06. The van der Waals surface area contributed by atoms with Crippen LogP contribution in [0.2, 0.25) is 0 Å². The third-order valence-electron chi connectivity index (χ3n) is 2.00. The molecule has 0 aliphatic carbocycles. The van der Waals surface area contributed by atoms with Crippen molar-refractivity contribution in [3.63, 3.8) is 0 Å². The lowest BCUT2D eigenvalue weighted by Gasteiger charge is -2.25. The van der Waals surface area contributed by atoms with E-state index in [1.165, 1.54) is 13.8 Å². The highest BCUT2D eigenvalue weighted by Crippen LogP contribution is 2.01. The quantitative estimate of drug-likeness (QED) is 0.337. The van der Waals surface area contributed by atoms with Crippen LogP contribution < -0.4 is 16.0 Å². The van der Waals surface area contributed by atoms with Crippen LogP contribution in [0.1, 0.15) is 27.7 Å². The lowest BCUT2D eigenvalue weighted by atomic mass is 10.1. The lowest BCUT2D eigenvalue weighted by Crippen LogP contribution is -2.58. The van der Waals surface area contributed by atoms with Gasteiger partial charge in [0.05, 0.1) is 0 Å². The minimum absolute atomic E-state index is 0.0171. The third kappa shape index (κ3) is 7.79. The first kappa shape index (κ1) is 16.9. The molecule has 0 radical (unpaired) electrons. The van der Waals surface area contributed by atoms with E-state index in [4.69, 9.17) is 0 Å². The van der Waals surface area contributed by atoms with Crippen LogP contribution >= 0.6 is 0 Å². The molecule has 3 amide bonds. The smallest absolute Gasteiger partial charge is 0.315 e. The summed E-state index contributed by atoms with van der Waals surface area (Å²) in [6, 6.07) is -0.510. The highest BCUT2D eigenvalue weighted by atomic mass is 16.9. The second-order valence-electron chi connectivity index (χ2n) is 4.69. The van der Waals surface area contributed by atoms with Crippen LogP contribution in [-0.2, 0) is 9.63 Å². The molecule has 0 heterocycles. The summed E-state index contributed by atoms with van der Waals surface area (Å²) >= 11 is 0. The molecular formula is C10H20N4O5. The number of hydrogen-bond donors (Lipinski definition) is 3. The van der Waals surface area contributed by atoms with Crippen molar-refractivity contribution >= 4 is 11.9 Å². The molecule has 9 nitrogen and oxygen atoms in total. The van der Waals surface area contributed by atoms with Crippen molar-refractivity contribution in [2.75, 3.05) is 13.2 Å². The summed E-state index contributed by atoms with van der Waals surface area (Å²) < 4.78 is 0. The van der Waals surface area contributed by atoms with Gasteiger partial charge in [0.1, 0.15) is 12.1 Å². The molecule has 0 atom stereocenters. The molecule has 9 heteroatoms. The molecule has 19 heavy (non-hydrogen) atoms. The van der Waals surface area contributed by atoms with Gasteiger partial charge >= 0.3 is 6.03 Å². The van der Waals surface area contributed by atoms with Crippen molar-refractivity contribution in [2.24, 2.45) is 0 Å². The monoisotopic (exact) mass is 276 g/mol. The fourth-order valence-electron chi connectivity index (χ4n) is 1.14. The van der Waals surface area contributed by atoms with E-state index in [1.807, 2.05) is 0 Å². The van der Waals surface area contributed by atoms with E-state index >= 15 is 0 Å². The Morgan fingerprint density at radius 3 is 2.42 bits per heavy atom. The van der Waals surface area contributed by atoms with E-state index in [1.54, 1.807) is 13.8 Å². The van der Waals surface area contributed by atoms with Crippen LogP contribution in [0, 0.1) is 10.1 Å². The van der Waals surface area contributed by atoms with Crippen molar-refractivity contribution in [1.82, 2.24) is 16.0 Å². The maximum atomic E-state index is 11.8. The van der Waals surface area contributed by atoms with Gasteiger partial charge in [0.2, 0.25) is 5.91 Å². The Kier molecular flexibility index (Phi) is 6.59. The van der Waals surface area contributed by atoms with Gasteiger partial charge in [-0.05, 0) is 27.7 Å². The maximum absolute atomic E-state index is 11.8. The minimum atomic E-state index is -1.13. The second kappa shape index (κ2) is 7.39. The molecule has 0 bridgehead atoms. The van der Waals surface area contributed by atoms with Crippen LogP contribution in [0.3, 0.4) is 0 Å². The van der Waals surface area contributed by atoms with Gasteiger partial charge in [0.25, 0.3) is 5.09 Å². The van der Waals surface area contributed by atoms with Gasteiger partial charge in [-0.3, -0.25) is 4.79 Å². The minimum Gasteiger partial charge on any atom is -0.352 e. The number of carbonyl (C=O) groups is 2. The summed E-state index contributed by atoms with van der Waals surface area (Å²) in [5.74, 6) is -0.460. The molecular weight excluding hydrogens is 256 g/mol. The van der Waals surface area contributed by atoms with E-state index in [2.05, 4.69) is 20.8 Å². The van der Waals surface area contributed by atoms with Gasteiger partial charge in [0, 0.05) is 12.6 Å². The Morgan fingerprint density at radius 1 is 1.37 bits per heavy atom. The molecule has 3 N–H and O–H groups in total. The third-order valence-corrected chi connectivity index (χ3v) is 2.00. The zero-order chi connectivity index (χ0) is 15.1. The molecule has 0 aromatic rings. The Balaban J connectivity index is 4.13. The van der Waals surface area contributed by atoms with Gasteiger partial charge in [-0.15, -0.1) is 10.1 Å². The average Bonchev–Trinajstić information content (AvgIpc) is 2.21. The topological polar surface area (TPSA) is 123 Å². The average molecular weight is 276 g/mol. The summed E-state index contributed by atoms with van der Waals surface area (Å²) in [7, 11) is 0. The molecule has 0 saturated heterocycles. The van der Waals surface area contributed by atoms with Crippen molar-refractivity contribution in [3.8, 4) is 0 Å². The Bertz CT molecular complexity index is 343. The molecule has 0 aliphatic heterocycles. The number of rotatable bonds is 7. The largest absolute Gasteiger partial charge is 0.352 e. The summed E-state index contributed by atoms with van der Waals surface area (Å²) in [5, 5.41) is 16.5. The zero-order valence-corrected chi connectivity index (χ0v) is 11.5. The van der Waals surface area contributed by atoms with Gasteiger partial charge in [0.15, 0.2) is 0 Å². The van der Waals surface area contributed by atoms with E-state index in [0.717, 1.165) is 0 Å². The SMILES string of the molecule is CC(C)NC(=O)NC(C)(C)C(=O)NCCO[N+](=O)[O-]. The van der Waals surface area contributed by atoms with Gasteiger partial charge < -0.3 is 20.8 Å². The van der Waals surface area contributed by atoms with Crippen molar-refractivity contribution in [1.29, 1.82) is 0 Å². The first-order chi connectivity index (χ1) is 8.65. The molecule has 0 saturated carbocycles. The Labute approximate surface area is 111 Å². The summed E-state index contributed by atoms with van der Waals surface area (Å²) in [6.45, 7) is 6.38. The molecule has 110 valence electrons. The van der Waals surface area contributed by atoms with E-state index in [-0.39, 0.29) is 19.2 Å². The second-order valence-corrected chi connectivity index (χ2v) is 4.69. The van der Waals surface area contributed by atoms with E-state index in [9.17, 15) is 19.7 Å². The van der Waals surface area contributed by atoms with E-state index < -0.39 is 22.6 Å². The van der Waals surface area contributed by atoms with Crippen molar-refractivity contribution in [2.45, 2.75) is 39.3 Å². The fourth-order valence-corrected chi connectivity index (χ4v) is 1.14. The molecule has 0 aromatic carbocycles. The van der Waals surface area contributed by atoms with Crippen molar-refractivity contribution in [3.05, 3.63) is 10.1 Å². The van der Waals surface area contributed by atoms with Gasteiger partial charge in [-0.2, -0.15) is 0 Å². The summed E-state index contributed by atoms with van der Waals surface area (Å²) in [6.07, 6.45) is 0. The van der Waals surface area contributed by atoms with Crippen LogP contribution in [0.5, 0.6) is 0 Å². The molecule has 0 aromatic heterocycles. The number of nitrogens with zero attached hydrogens (tertiary/aromatic N) is 1. The zero-order valence-electron chi connectivity index (χ0n) is 11.5. The van der Waals surface area contributed by atoms with E-state index in [0.29, 0.717) is 0 Å². The Morgan fingerprint density at radius 2 is 1.95 bits per heavy atom. The number of urea groups is 1. The van der Waals surface area contributed by atoms with Crippen LogP contribution in [0.4, 0.5) is 4.79 Å². The predicted octanol–water partition coefficient (Wildman–Crippen LogP) is -0.203. The van der Waals surface area contributed by atoms with Gasteiger partial charge in [-0.1, -0.05) is 0 Å². The molecule has 0 unspecified atom stereocenters. The number of hydrogen-bond acceptors (Lipinski definition) is 5. The maximum Gasteiger partial charge on any atom is 0.315 e. The highest BCUT2D eigenvalue weighted by molar-refractivity contribution is 5.90. The van der Waals surface area contributed by atoms with Crippen LogP contribution in [-0.4, -0.2) is 41.8 Å². The molecule has 0 spiro atoms. The molecule has 0 fully saturated rings. The fraction of sp³-hybridized carbons (Fsp3) is 0.800. The van der Waals surface area contributed by atoms with Crippen LogP contribution in [0.25, 0.3) is 0 Å². The van der Waals surface area contributed by atoms with Crippen LogP contribution in [0.15, 0.2) is 0 Å². The summed E-state index contributed by atoms with van der Waals surface area (Å²) in [4.78, 5) is 37.2. The number of carbonyl (C=O) groups excluding carboxylic acids is 2. The standard InChI is InChI=1S/C10H20N4O5/c1-7(2)12-9(16)13-10(3,4)8(15)11-5-6-19-14(17)18/h7H,5-6H2,1-4H3,(H,11,15)(H2,12,13,16). The number of amides is 3. The normalized spacial score (nSPS) is 10.8. The first-order valence-electron chi connectivity index (χ1n) is 5.79. The highest BCUT2D eigenvalue weighted by Gasteiger charge is 2.29. The predicted molar refractivity (Wildman–Crippen MR) is 66.8 cm³/mol. The number of nitrogens with one attached hydrogen (secondary N) is 3. The summed E-state index contributed by atoms with van der Waals surface area (Å²) in [5.41, 5.74) is -1.13. The van der Waals surface area contributed by atoms with Crippen molar-refractivity contribution < 1.29 is 19.5 Å². The molecule has 0 aliphatic rings. The first-order valence-corrected chi connectivity index (χ1v) is 5.79. The molecule has 0 rings (SSSR count).